The Balaban J connectivity index is 1.72. The summed E-state index contributed by atoms with van der Waals surface area (Å²) in [5.74, 6) is -0.972. The van der Waals surface area contributed by atoms with Crippen LogP contribution in [0.15, 0.2) is 42.7 Å². The molecule has 1 unspecified atom stereocenters. The van der Waals surface area contributed by atoms with E-state index in [1.807, 2.05) is 6.92 Å². The Hall–Kier alpha value is -2.94. The zero-order valence-electron chi connectivity index (χ0n) is 14.3. The highest BCUT2D eigenvalue weighted by Crippen LogP contribution is 2.34. The van der Waals surface area contributed by atoms with Gasteiger partial charge >= 0.3 is 0 Å². The second-order valence-electron chi connectivity index (χ2n) is 6.11. The quantitative estimate of drug-likeness (QED) is 0.775. The predicted molar refractivity (Wildman–Crippen MR) is 96.1 cm³/mol. The van der Waals surface area contributed by atoms with E-state index in [2.05, 4.69) is 15.8 Å². The maximum absolute atomic E-state index is 12.3. The van der Waals surface area contributed by atoms with Crippen molar-refractivity contribution in [3.05, 3.63) is 59.4 Å². The fourth-order valence-electron chi connectivity index (χ4n) is 3.00. The van der Waals surface area contributed by atoms with E-state index in [9.17, 15) is 18.0 Å². The zero-order valence-corrected chi connectivity index (χ0v) is 15.1. The average molecular weight is 374 g/mol. The van der Waals surface area contributed by atoms with Crippen LogP contribution in [0, 0.1) is 0 Å². The van der Waals surface area contributed by atoms with Gasteiger partial charge in [-0.3, -0.25) is 29.7 Å². The number of fused-ring (bicyclic) bond motifs is 1. The molecular formula is C17H18N4O4S. The van der Waals surface area contributed by atoms with Crippen LogP contribution in [0.4, 0.5) is 5.69 Å². The second-order valence-corrected chi connectivity index (χ2v) is 7.96. The number of sulfonamides is 1. The summed E-state index contributed by atoms with van der Waals surface area (Å²) in [4.78, 5) is 28.0. The maximum atomic E-state index is 12.3. The molecule has 3 rings (SSSR count). The standard InChI is InChI=1S/C17H18N4O4S/c1-11-8-14-9-12(5-6-15(14)21(11)26(2,24)25)16(22)19-20-17(23)13-4-3-7-18-10-13/h3-7,9-11H,8H2,1-2H3,(H,19,22)(H,20,23). The van der Waals surface area contributed by atoms with E-state index in [-0.39, 0.29) is 6.04 Å². The molecule has 0 radical (unpaired) electrons. The number of carbonyl (C=O) groups excluding carboxylic acids is 2. The molecule has 1 aliphatic rings. The maximum Gasteiger partial charge on any atom is 0.271 e. The van der Waals surface area contributed by atoms with E-state index in [0.29, 0.717) is 23.2 Å². The van der Waals surface area contributed by atoms with Gasteiger partial charge in [-0.2, -0.15) is 0 Å². The predicted octanol–water partition coefficient (Wildman–Crippen LogP) is 0.867. The molecule has 26 heavy (non-hydrogen) atoms. The lowest BCUT2D eigenvalue weighted by molar-refractivity contribution is 0.0846. The van der Waals surface area contributed by atoms with Crippen molar-refractivity contribution in [3.8, 4) is 0 Å². The average Bonchev–Trinajstić information content (AvgIpc) is 2.95. The third kappa shape index (κ3) is 3.52. The summed E-state index contributed by atoms with van der Waals surface area (Å²) in [5.41, 5.74) is 6.67. The number of pyridine rings is 1. The third-order valence-corrected chi connectivity index (χ3v) is 5.34. The lowest BCUT2D eigenvalue weighted by Crippen LogP contribution is -2.41. The van der Waals surface area contributed by atoms with Crippen LogP contribution in [-0.4, -0.2) is 37.5 Å². The Labute approximate surface area is 151 Å². The number of carbonyl (C=O) groups is 2. The minimum Gasteiger partial charge on any atom is -0.267 e. The molecule has 2 heterocycles. The van der Waals surface area contributed by atoms with Crippen molar-refractivity contribution in [1.82, 2.24) is 15.8 Å². The minimum absolute atomic E-state index is 0.205. The third-order valence-electron chi connectivity index (χ3n) is 4.07. The summed E-state index contributed by atoms with van der Waals surface area (Å²) in [6.07, 6.45) is 4.61. The largest absolute Gasteiger partial charge is 0.271 e. The van der Waals surface area contributed by atoms with Gasteiger partial charge in [0, 0.05) is 24.0 Å². The molecule has 9 heteroatoms. The summed E-state index contributed by atoms with van der Waals surface area (Å²) in [6, 6.07) is 7.77. The fourth-order valence-corrected chi connectivity index (χ4v) is 4.27. The van der Waals surface area contributed by atoms with Gasteiger partial charge in [-0.25, -0.2) is 8.42 Å². The van der Waals surface area contributed by atoms with Gasteiger partial charge in [-0.15, -0.1) is 0 Å². The molecule has 1 atom stereocenters. The Morgan fingerprint density at radius 3 is 2.46 bits per heavy atom. The number of benzene rings is 1. The van der Waals surface area contributed by atoms with E-state index in [4.69, 9.17) is 0 Å². The van der Waals surface area contributed by atoms with Gasteiger partial charge in [0.05, 0.1) is 17.5 Å². The van der Waals surface area contributed by atoms with Crippen LogP contribution in [-0.2, 0) is 16.4 Å². The van der Waals surface area contributed by atoms with Gasteiger partial charge in [0.2, 0.25) is 10.0 Å². The summed E-state index contributed by atoms with van der Waals surface area (Å²) in [5, 5.41) is 0. The number of hydrogen-bond donors (Lipinski definition) is 2. The van der Waals surface area contributed by atoms with Gasteiger partial charge in [-0.1, -0.05) is 0 Å². The number of nitrogens with zero attached hydrogens (tertiary/aromatic N) is 2. The fraction of sp³-hybridized carbons (Fsp3) is 0.235. The molecule has 1 aromatic heterocycles. The van der Waals surface area contributed by atoms with E-state index in [1.165, 1.54) is 16.6 Å². The molecule has 0 saturated carbocycles. The lowest BCUT2D eigenvalue weighted by Gasteiger charge is -2.21. The molecule has 8 nitrogen and oxygen atoms in total. The molecule has 1 aromatic carbocycles. The van der Waals surface area contributed by atoms with Crippen molar-refractivity contribution >= 4 is 27.5 Å². The molecule has 2 N–H and O–H groups in total. The highest BCUT2D eigenvalue weighted by Gasteiger charge is 2.32. The summed E-state index contributed by atoms with van der Waals surface area (Å²) >= 11 is 0. The minimum atomic E-state index is -3.38. The van der Waals surface area contributed by atoms with Gasteiger partial charge in [0.25, 0.3) is 11.8 Å². The van der Waals surface area contributed by atoms with E-state index >= 15 is 0 Å². The Morgan fingerprint density at radius 2 is 1.85 bits per heavy atom. The molecule has 0 aliphatic carbocycles. The van der Waals surface area contributed by atoms with Crippen molar-refractivity contribution in [1.29, 1.82) is 0 Å². The molecule has 2 aromatic rings. The van der Waals surface area contributed by atoms with Gasteiger partial charge in [-0.05, 0) is 49.2 Å². The first-order valence-electron chi connectivity index (χ1n) is 7.90. The SMILES string of the molecule is CC1Cc2cc(C(=O)NNC(=O)c3cccnc3)ccc2N1S(C)(=O)=O. The van der Waals surface area contributed by atoms with Crippen LogP contribution in [0.5, 0.6) is 0 Å². The second kappa shape index (κ2) is 6.75. The molecule has 1 aliphatic heterocycles. The molecule has 0 spiro atoms. The number of hydrazine groups is 1. The van der Waals surface area contributed by atoms with Crippen LogP contribution in [0.25, 0.3) is 0 Å². The van der Waals surface area contributed by atoms with Crippen LogP contribution < -0.4 is 15.2 Å². The number of hydrogen-bond acceptors (Lipinski definition) is 5. The molecule has 0 fully saturated rings. The summed E-state index contributed by atoms with van der Waals surface area (Å²) in [7, 11) is -3.38. The lowest BCUT2D eigenvalue weighted by atomic mass is 10.1. The summed E-state index contributed by atoms with van der Waals surface area (Å²) < 4.78 is 25.2. The Bertz CT molecular complexity index is 960. The van der Waals surface area contributed by atoms with E-state index in [1.54, 1.807) is 30.5 Å². The first kappa shape index (κ1) is 17.9. The molecule has 0 bridgehead atoms. The van der Waals surface area contributed by atoms with Gasteiger partial charge in [0.1, 0.15) is 0 Å². The van der Waals surface area contributed by atoms with E-state index in [0.717, 1.165) is 11.8 Å². The zero-order chi connectivity index (χ0) is 18.9. The van der Waals surface area contributed by atoms with Crippen molar-refractivity contribution in [3.63, 3.8) is 0 Å². The van der Waals surface area contributed by atoms with Crippen molar-refractivity contribution in [2.75, 3.05) is 10.6 Å². The summed E-state index contributed by atoms with van der Waals surface area (Å²) in [6.45, 7) is 1.81. The number of nitrogens with one attached hydrogen (secondary N) is 2. The first-order valence-corrected chi connectivity index (χ1v) is 9.75. The molecular weight excluding hydrogens is 356 g/mol. The molecule has 0 saturated heterocycles. The van der Waals surface area contributed by atoms with Crippen LogP contribution >= 0.6 is 0 Å². The Kier molecular flexibility index (Phi) is 4.64. The van der Waals surface area contributed by atoms with Gasteiger partial charge in [0.15, 0.2) is 0 Å². The number of aromatic nitrogens is 1. The highest BCUT2D eigenvalue weighted by molar-refractivity contribution is 7.92. The molecule has 2 amide bonds. The normalized spacial score (nSPS) is 16.1. The van der Waals surface area contributed by atoms with Crippen molar-refractivity contribution in [2.24, 2.45) is 0 Å². The smallest absolute Gasteiger partial charge is 0.267 e. The number of anilines is 1. The van der Waals surface area contributed by atoms with Crippen molar-refractivity contribution in [2.45, 2.75) is 19.4 Å². The first-order chi connectivity index (χ1) is 12.3. The van der Waals surface area contributed by atoms with Crippen LogP contribution in [0.3, 0.4) is 0 Å². The van der Waals surface area contributed by atoms with Crippen LogP contribution in [0.1, 0.15) is 33.2 Å². The highest BCUT2D eigenvalue weighted by atomic mass is 32.2. The topological polar surface area (TPSA) is 108 Å². The van der Waals surface area contributed by atoms with Crippen molar-refractivity contribution < 1.29 is 18.0 Å². The van der Waals surface area contributed by atoms with E-state index < -0.39 is 21.8 Å². The monoisotopic (exact) mass is 374 g/mol. The van der Waals surface area contributed by atoms with Gasteiger partial charge < -0.3 is 0 Å². The Morgan fingerprint density at radius 1 is 1.15 bits per heavy atom. The number of amides is 2. The van der Waals surface area contributed by atoms with Crippen LogP contribution in [0.2, 0.25) is 0 Å². The number of rotatable bonds is 3. The molecule has 136 valence electrons.